The van der Waals surface area contributed by atoms with Gasteiger partial charge in [0.2, 0.25) is 5.91 Å². The van der Waals surface area contributed by atoms with Crippen LogP contribution in [0.2, 0.25) is 0 Å². The number of anilines is 1. The number of carbonyl (C=O) groups excluding carboxylic acids is 1. The Balaban J connectivity index is 1.77. The highest BCUT2D eigenvalue weighted by Gasteiger charge is 2.25. The molecule has 110 valence electrons. The molecule has 0 aliphatic heterocycles. The van der Waals surface area contributed by atoms with Crippen LogP contribution in [0.25, 0.3) is 0 Å². The average Bonchev–Trinajstić information content (AvgIpc) is 2.41. The summed E-state index contributed by atoms with van der Waals surface area (Å²) in [6, 6.07) is 8.06. The van der Waals surface area contributed by atoms with Crippen LogP contribution in [0.1, 0.15) is 51.5 Å². The molecule has 0 atom stereocenters. The smallest absolute Gasteiger partial charge is 0.221 e. The van der Waals surface area contributed by atoms with E-state index in [1.165, 1.54) is 44.6 Å². The number of nitrogens with one attached hydrogen (secondary N) is 2. The summed E-state index contributed by atoms with van der Waals surface area (Å²) >= 11 is 0. The summed E-state index contributed by atoms with van der Waals surface area (Å²) in [6.07, 6.45) is 6.86. The summed E-state index contributed by atoms with van der Waals surface area (Å²) in [5.74, 6) is -0.0268. The van der Waals surface area contributed by atoms with E-state index in [0.29, 0.717) is 5.41 Å². The lowest BCUT2D eigenvalue weighted by Crippen LogP contribution is -2.33. The van der Waals surface area contributed by atoms with E-state index < -0.39 is 0 Å². The molecular formula is C17H26N2O. The van der Waals surface area contributed by atoms with Crippen molar-refractivity contribution in [2.45, 2.75) is 52.5 Å². The van der Waals surface area contributed by atoms with E-state index in [-0.39, 0.29) is 5.91 Å². The number of hydrogen-bond acceptors (Lipinski definition) is 2. The van der Waals surface area contributed by atoms with Gasteiger partial charge in [-0.1, -0.05) is 38.3 Å². The molecule has 1 saturated carbocycles. The maximum Gasteiger partial charge on any atom is 0.221 e. The molecule has 2 N–H and O–H groups in total. The van der Waals surface area contributed by atoms with Crippen LogP contribution in [0, 0.1) is 5.41 Å². The van der Waals surface area contributed by atoms with Crippen LogP contribution < -0.4 is 10.6 Å². The van der Waals surface area contributed by atoms with Crippen molar-refractivity contribution in [3.05, 3.63) is 29.8 Å². The lowest BCUT2D eigenvalue weighted by Gasteiger charge is -2.33. The van der Waals surface area contributed by atoms with E-state index in [2.05, 4.69) is 29.7 Å². The molecule has 0 bridgehead atoms. The molecule has 1 aromatic rings. The summed E-state index contributed by atoms with van der Waals surface area (Å²) in [5.41, 5.74) is 2.60. The van der Waals surface area contributed by atoms with Gasteiger partial charge >= 0.3 is 0 Å². The van der Waals surface area contributed by atoms with Crippen molar-refractivity contribution in [3.63, 3.8) is 0 Å². The van der Waals surface area contributed by atoms with Crippen LogP contribution in [-0.2, 0) is 11.3 Å². The number of carbonyl (C=O) groups is 1. The maximum absolute atomic E-state index is 11.0. The first-order chi connectivity index (χ1) is 9.57. The highest BCUT2D eigenvalue weighted by molar-refractivity contribution is 5.88. The first-order valence-electron chi connectivity index (χ1n) is 7.65. The minimum atomic E-state index is -0.0268. The molecule has 1 aliphatic carbocycles. The minimum absolute atomic E-state index is 0.0268. The molecule has 2 rings (SSSR count). The Morgan fingerprint density at radius 2 is 1.80 bits per heavy atom. The number of amides is 1. The molecule has 1 aromatic carbocycles. The number of hydrogen-bond donors (Lipinski definition) is 2. The van der Waals surface area contributed by atoms with Crippen molar-refractivity contribution < 1.29 is 4.79 Å². The van der Waals surface area contributed by atoms with Gasteiger partial charge in [0, 0.05) is 25.7 Å². The zero-order valence-electron chi connectivity index (χ0n) is 12.7. The minimum Gasteiger partial charge on any atom is -0.326 e. The topological polar surface area (TPSA) is 41.1 Å². The van der Waals surface area contributed by atoms with Crippen LogP contribution in [0.15, 0.2) is 24.3 Å². The van der Waals surface area contributed by atoms with Crippen LogP contribution in [0.4, 0.5) is 5.69 Å². The molecule has 20 heavy (non-hydrogen) atoms. The molecule has 0 radical (unpaired) electrons. The van der Waals surface area contributed by atoms with Gasteiger partial charge < -0.3 is 10.6 Å². The fraction of sp³-hybridized carbons (Fsp3) is 0.588. The molecule has 1 amide bonds. The Kier molecular flexibility index (Phi) is 5.18. The monoisotopic (exact) mass is 274 g/mol. The van der Waals surface area contributed by atoms with Crippen LogP contribution in [0.3, 0.4) is 0 Å². The number of rotatable bonds is 5. The Labute approximate surface area is 122 Å². The van der Waals surface area contributed by atoms with Crippen LogP contribution in [-0.4, -0.2) is 12.5 Å². The first kappa shape index (κ1) is 15.0. The molecule has 0 spiro atoms. The normalized spacial score (nSPS) is 17.7. The Hall–Kier alpha value is -1.35. The van der Waals surface area contributed by atoms with Crippen molar-refractivity contribution in [1.82, 2.24) is 5.32 Å². The molecule has 1 aliphatic rings. The van der Waals surface area contributed by atoms with Gasteiger partial charge in [0.15, 0.2) is 0 Å². The van der Waals surface area contributed by atoms with Crippen molar-refractivity contribution in [1.29, 1.82) is 0 Å². The summed E-state index contributed by atoms with van der Waals surface area (Å²) in [7, 11) is 0. The van der Waals surface area contributed by atoms with E-state index in [4.69, 9.17) is 0 Å². The van der Waals surface area contributed by atoms with E-state index >= 15 is 0 Å². The largest absolute Gasteiger partial charge is 0.326 e. The van der Waals surface area contributed by atoms with Crippen molar-refractivity contribution in [3.8, 4) is 0 Å². The summed E-state index contributed by atoms with van der Waals surface area (Å²) < 4.78 is 0. The van der Waals surface area contributed by atoms with E-state index in [9.17, 15) is 4.79 Å². The van der Waals surface area contributed by atoms with Gasteiger partial charge in [-0.3, -0.25) is 4.79 Å². The molecule has 3 heteroatoms. The SMILES string of the molecule is CC(=O)Nc1ccc(CNCC2(C)CCCCC2)cc1. The summed E-state index contributed by atoms with van der Waals surface area (Å²) in [6.45, 7) is 5.93. The van der Waals surface area contributed by atoms with Crippen molar-refractivity contribution in [2.24, 2.45) is 5.41 Å². The highest BCUT2D eigenvalue weighted by atomic mass is 16.1. The van der Waals surface area contributed by atoms with E-state index in [1.54, 1.807) is 0 Å². The number of benzene rings is 1. The van der Waals surface area contributed by atoms with E-state index in [1.807, 2.05) is 12.1 Å². The predicted molar refractivity (Wildman–Crippen MR) is 83.6 cm³/mol. The Morgan fingerprint density at radius 1 is 1.15 bits per heavy atom. The fourth-order valence-corrected chi connectivity index (χ4v) is 3.00. The molecule has 0 aromatic heterocycles. The van der Waals surface area contributed by atoms with Gasteiger partial charge in [-0.2, -0.15) is 0 Å². The summed E-state index contributed by atoms with van der Waals surface area (Å²) in [4.78, 5) is 11.0. The molecule has 0 saturated heterocycles. The Morgan fingerprint density at radius 3 is 2.40 bits per heavy atom. The predicted octanol–water partition coefficient (Wildman–Crippen LogP) is 3.71. The summed E-state index contributed by atoms with van der Waals surface area (Å²) in [5, 5.41) is 6.37. The van der Waals surface area contributed by atoms with Gasteiger partial charge in [-0.15, -0.1) is 0 Å². The van der Waals surface area contributed by atoms with Gasteiger partial charge in [0.05, 0.1) is 0 Å². The quantitative estimate of drug-likeness (QED) is 0.859. The standard InChI is InChI=1S/C17H26N2O/c1-14(20)19-16-8-6-15(7-9-16)12-18-13-17(2)10-4-3-5-11-17/h6-9,18H,3-5,10-13H2,1-2H3,(H,19,20). The van der Waals surface area contributed by atoms with Crippen molar-refractivity contribution in [2.75, 3.05) is 11.9 Å². The van der Waals surface area contributed by atoms with Crippen LogP contribution >= 0.6 is 0 Å². The maximum atomic E-state index is 11.0. The second-order valence-electron chi connectivity index (χ2n) is 6.35. The molecule has 0 heterocycles. The molecular weight excluding hydrogens is 248 g/mol. The van der Waals surface area contributed by atoms with Gasteiger partial charge in [0.1, 0.15) is 0 Å². The highest BCUT2D eigenvalue weighted by Crippen LogP contribution is 2.34. The zero-order chi connectivity index (χ0) is 14.4. The van der Waals surface area contributed by atoms with Crippen LogP contribution in [0.5, 0.6) is 0 Å². The Bertz CT molecular complexity index is 433. The van der Waals surface area contributed by atoms with E-state index in [0.717, 1.165) is 18.8 Å². The molecule has 1 fully saturated rings. The van der Waals surface area contributed by atoms with Crippen molar-refractivity contribution >= 4 is 11.6 Å². The van der Waals surface area contributed by atoms with Gasteiger partial charge in [-0.05, 0) is 36.0 Å². The third kappa shape index (κ3) is 4.64. The molecule has 0 unspecified atom stereocenters. The van der Waals surface area contributed by atoms with Gasteiger partial charge in [-0.25, -0.2) is 0 Å². The average molecular weight is 274 g/mol. The second-order valence-corrected chi connectivity index (χ2v) is 6.35. The lowest BCUT2D eigenvalue weighted by molar-refractivity contribution is -0.114. The van der Waals surface area contributed by atoms with Gasteiger partial charge in [0.25, 0.3) is 0 Å². The third-order valence-electron chi connectivity index (χ3n) is 4.22. The zero-order valence-corrected chi connectivity index (χ0v) is 12.7. The fourth-order valence-electron chi connectivity index (χ4n) is 3.00. The second kappa shape index (κ2) is 6.89. The first-order valence-corrected chi connectivity index (χ1v) is 7.65. The lowest BCUT2D eigenvalue weighted by atomic mass is 9.76. The molecule has 3 nitrogen and oxygen atoms in total. The third-order valence-corrected chi connectivity index (χ3v) is 4.22.